The Hall–Kier alpha value is -4.14. The third-order valence-electron chi connectivity index (χ3n) is 5.33. The van der Waals surface area contributed by atoms with Crippen LogP contribution in [-0.2, 0) is 24.9 Å². The Morgan fingerprint density at radius 1 is 0.974 bits per heavy atom. The predicted molar refractivity (Wildman–Crippen MR) is 143 cm³/mol. The van der Waals surface area contributed by atoms with Crippen molar-refractivity contribution in [3.8, 4) is 5.75 Å². The van der Waals surface area contributed by atoms with Gasteiger partial charge in [0.1, 0.15) is 16.7 Å². The SMILES string of the molecule is Cc1ccc(S(=O)(=O)N[C@@H](C(=O)N/N=C\c2cccc(OS(=O)(=O)c3cccc([N+](=O)[O-])c3)c2)C(C)C)cc1. The van der Waals surface area contributed by atoms with Gasteiger partial charge in [-0.1, -0.05) is 49.7 Å². The highest BCUT2D eigenvalue weighted by Gasteiger charge is 2.28. The molecule has 0 saturated carbocycles. The Morgan fingerprint density at radius 2 is 1.64 bits per heavy atom. The van der Waals surface area contributed by atoms with Crippen molar-refractivity contribution in [2.75, 3.05) is 0 Å². The highest BCUT2D eigenvalue weighted by atomic mass is 32.2. The summed E-state index contributed by atoms with van der Waals surface area (Å²) in [4.78, 5) is 22.6. The summed E-state index contributed by atoms with van der Waals surface area (Å²) in [5.74, 6) is -1.20. The number of non-ortho nitro benzene ring substituents is 1. The van der Waals surface area contributed by atoms with E-state index in [4.69, 9.17) is 4.18 Å². The number of nitrogens with one attached hydrogen (secondary N) is 2. The molecule has 3 aromatic carbocycles. The van der Waals surface area contributed by atoms with E-state index < -0.39 is 53.5 Å². The molecule has 0 fully saturated rings. The monoisotopic (exact) mass is 574 g/mol. The van der Waals surface area contributed by atoms with Gasteiger partial charge in [-0.3, -0.25) is 14.9 Å². The minimum absolute atomic E-state index is 0.0203. The van der Waals surface area contributed by atoms with E-state index in [1.807, 2.05) is 6.92 Å². The first-order valence-electron chi connectivity index (χ1n) is 11.5. The van der Waals surface area contributed by atoms with Gasteiger partial charge < -0.3 is 4.18 Å². The number of carbonyl (C=O) groups is 1. The van der Waals surface area contributed by atoms with Crippen LogP contribution in [0.3, 0.4) is 0 Å². The van der Waals surface area contributed by atoms with Crippen LogP contribution in [0.5, 0.6) is 5.75 Å². The molecule has 0 bridgehead atoms. The molecular formula is C25H26N4O8S2. The van der Waals surface area contributed by atoms with Gasteiger partial charge in [0.15, 0.2) is 0 Å². The quantitative estimate of drug-likeness (QED) is 0.152. The average molecular weight is 575 g/mol. The van der Waals surface area contributed by atoms with Crippen molar-refractivity contribution in [3.63, 3.8) is 0 Å². The van der Waals surface area contributed by atoms with Crippen molar-refractivity contribution >= 4 is 38.0 Å². The van der Waals surface area contributed by atoms with Crippen molar-refractivity contribution in [2.24, 2.45) is 11.0 Å². The predicted octanol–water partition coefficient (Wildman–Crippen LogP) is 3.12. The van der Waals surface area contributed by atoms with Gasteiger partial charge in [-0.25, -0.2) is 13.8 Å². The van der Waals surface area contributed by atoms with Crippen LogP contribution >= 0.6 is 0 Å². The molecule has 0 saturated heterocycles. The Bertz CT molecular complexity index is 1600. The molecule has 1 atom stereocenters. The van der Waals surface area contributed by atoms with E-state index in [2.05, 4.69) is 15.2 Å². The number of hydrazone groups is 1. The second-order valence-corrected chi connectivity index (χ2v) is 12.0. The number of nitrogens with zero attached hydrogens (tertiary/aromatic N) is 2. The van der Waals surface area contributed by atoms with Crippen LogP contribution in [0.2, 0.25) is 0 Å². The number of hydrogen-bond acceptors (Lipinski definition) is 9. The zero-order valence-corrected chi connectivity index (χ0v) is 22.8. The second-order valence-electron chi connectivity index (χ2n) is 8.75. The molecule has 0 aliphatic rings. The summed E-state index contributed by atoms with van der Waals surface area (Å²) in [6.45, 7) is 5.17. The summed E-state index contributed by atoms with van der Waals surface area (Å²) in [6.07, 6.45) is 1.22. The number of rotatable bonds is 11. The van der Waals surface area contributed by atoms with Gasteiger partial charge in [-0.15, -0.1) is 0 Å². The highest BCUT2D eigenvalue weighted by Crippen LogP contribution is 2.22. The topological polar surface area (TPSA) is 174 Å². The van der Waals surface area contributed by atoms with E-state index in [0.717, 1.165) is 17.7 Å². The molecule has 1 amide bonds. The van der Waals surface area contributed by atoms with E-state index >= 15 is 0 Å². The summed E-state index contributed by atoms with van der Waals surface area (Å²) >= 11 is 0. The van der Waals surface area contributed by atoms with Crippen molar-refractivity contribution in [1.82, 2.24) is 10.1 Å². The maximum absolute atomic E-state index is 12.7. The molecule has 206 valence electrons. The average Bonchev–Trinajstić information content (AvgIpc) is 2.87. The van der Waals surface area contributed by atoms with Gasteiger partial charge in [-0.2, -0.15) is 18.2 Å². The van der Waals surface area contributed by atoms with Crippen molar-refractivity contribution in [1.29, 1.82) is 0 Å². The molecule has 0 unspecified atom stereocenters. The third kappa shape index (κ3) is 7.92. The second kappa shape index (κ2) is 12.1. The summed E-state index contributed by atoms with van der Waals surface area (Å²) < 4.78 is 58.1. The molecule has 39 heavy (non-hydrogen) atoms. The van der Waals surface area contributed by atoms with Crippen LogP contribution in [0, 0.1) is 23.0 Å². The smallest absolute Gasteiger partial charge is 0.339 e. The first-order chi connectivity index (χ1) is 18.3. The molecule has 14 heteroatoms. The highest BCUT2D eigenvalue weighted by molar-refractivity contribution is 7.89. The molecule has 12 nitrogen and oxygen atoms in total. The summed E-state index contributed by atoms with van der Waals surface area (Å²) in [7, 11) is -8.34. The molecule has 0 aliphatic carbocycles. The lowest BCUT2D eigenvalue weighted by Crippen LogP contribution is -2.48. The number of nitro benzene ring substituents is 1. The molecule has 0 aliphatic heterocycles. The largest absolute Gasteiger partial charge is 0.379 e. The molecule has 0 radical (unpaired) electrons. The van der Waals surface area contributed by atoms with Gasteiger partial charge in [0, 0.05) is 12.1 Å². The summed E-state index contributed by atoms with van der Waals surface area (Å²) in [5.41, 5.74) is 3.12. The lowest BCUT2D eigenvalue weighted by Gasteiger charge is -2.20. The van der Waals surface area contributed by atoms with E-state index in [1.54, 1.807) is 32.0 Å². The lowest BCUT2D eigenvalue weighted by atomic mass is 10.1. The number of aryl methyl sites for hydroxylation is 1. The van der Waals surface area contributed by atoms with E-state index in [1.165, 1.54) is 48.7 Å². The Balaban J connectivity index is 1.69. The van der Waals surface area contributed by atoms with Crippen LogP contribution in [0.1, 0.15) is 25.0 Å². The summed E-state index contributed by atoms with van der Waals surface area (Å²) in [5, 5.41) is 14.8. The van der Waals surface area contributed by atoms with Gasteiger partial charge in [0.05, 0.1) is 16.0 Å². The minimum Gasteiger partial charge on any atom is -0.379 e. The zero-order chi connectivity index (χ0) is 28.8. The van der Waals surface area contributed by atoms with Crippen LogP contribution in [0.15, 0.2) is 87.7 Å². The minimum atomic E-state index is -4.37. The van der Waals surface area contributed by atoms with Gasteiger partial charge in [0.2, 0.25) is 10.0 Å². The Kier molecular flexibility index (Phi) is 9.16. The van der Waals surface area contributed by atoms with Crippen LogP contribution < -0.4 is 14.3 Å². The number of benzene rings is 3. The number of hydrogen-bond donors (Lipinski definition) is 2. The maximum Gasteiger partial charge on any atom is 0.339 e. The van der Waals surface area contributed by atoms with Gasteiger partial charge >= 0.3 is 10.1 Å². The fourth-order valence-electron chi connectivity index (χ4n) is 3.26. The molecule has 3 rings (SSSR count). The number of carbonyl (C=O) groups excluding carboxylic acids is 1. The third-order valence-corrected chi connectivity index (χ3v) is 8.03. The van der Waals surface area contributed by atoms with E-state index in [0.29, 0.717) is 5.56 Å². The molecule has 0 heterocycles. The molecule has 0 spiro atoms. The first kappa shape index (κ1) is 29.4. The number of sulfonamides is 1. The van der Waals surface area contributed by atoms with Crippen LogP contribution in [0.25, 0.3) is 0 Å². The fraction of sp³-hybridized carbons (Fsp3) is 0.200. The molecule has 0 aromatic heterocycles. The van der Waals surface area contributed by atoms with Gasteiger partial charge in [0.25, 0.3) is 11.6 Å². The standard InChI is InChI=1S/C25H26N4O8S2/c1-17(2)24(28-38(33,34)22-12-10-18(3)11-13-22)25(30)27-26-16-19-6-4-8-21(14-19)37-39(35,36)23-9-5-7-20(15-23)29(31)32/h4-17,24,28H,1-3H3,(H,27,30)/b26-16-/t24-/m1/s1. The maximum atomic E-state index is 12.7. The zero-order valence-electron chi connectivity index (χ0n) is 21.1. The van der Waals surface area contributed by atoms with Crippen molar-refractivity contribution in [3.05, 3.63) is 94.0 Å². The molecular weight excluding hydrogens is 548 g/mol. The first-order valence-corrected chi connectivity index (χ1v) is 14.4. The Labute approximate surface area is 226 Å². The fourth-order valence-corrected chi connectivity index (χ4v) is 5.57. The van der Waals surface area contributed by atoms with Crippen molar-refractivity contribution in [2.45, 2.75) is 36.6 Å². The van der Waals surface area contributed by atoms with Crippen LogP contribution in [0.4, 0.5) is 5.69 Å². The molecule has 2 N–H and O–H groups in total. The normalized spacial score (nSPS) is 12.8. The molecule has 3 aromatic rings. The van der Waals surface area contributed by atoms with Gasteiger partial charge in [-0.05, 0) is 48.7 Å². The van der Waals surface area contributed by atoms with Crippen molar-refractivity contribution < 1.29 is 30.7 Å². The van der Waals surface area contributed by atoms with Crippen LogP contribution in [-0.4, -0.2) is 39.9 Å². The number of nitro groups is 1. The lowest BCUT2D eigenvalue weighted by molar-refractivity contribution is -0.385. The Morgan fingerprint density at radius 3 is 2.28 bits per heavy atom. The van der Waals surface area contributed by atoms with E-state index in [9.17, 15) is 31.7 Å². The summed E-state index contributed by atoms with van der Waals surface area (Å²) in [6, 6.07) is 15.2. The van der Waals surface area contributed by atoms with E-state index in [-0.39, 0.29) is 10.6 Å². The number of amides is 1.